The second-order valence-electron chi connectivity index (χ2n) is 4.46. The van der Waals surface area contributed by atoms with Crippen molar-refractivity contribution in [2.75, 3.05) is 13.7 Å². The molecule has 0 bridgehead atoms. The summed E-state index contributed by atoms with van der Waals surface area (Å²) in [4.78, 5) is 2.39. The van der Waals surface area contributed by atoms with Gasteiger partial charge in [-0.2, -0.15) is 0 Å². The predicted molar refractivity (Wildman–Crippen MR) is 55.8 cm³/mol. The fourth-order valence-electron chi connectivity index (χ4n) is 2.40. The van der Waals surface area contributed by atoms with Crippen molar-refractivity contribution < 1.29 is 5.11 Å². The molecule has 0 amide bonds. The van der Waals surface area contributed by atoms with Crippen molar-refractivity contribution in [2.24, 2.45) is 0 Å². The van der Waals surface area contributed by atoms with Crippen LogP contribution in [0.25, 0.3) is 0 Å². The lowest BCUT2D eigenvalue weighted by Crippen LogP contribution is -2.51. The first kappa shape index (κ1) is 11.0. The van der Waals surface area contributed by atoms with Crippen LogP contribution in [-0.2, 0) is 0 Å². The number of aliphatic hydroxyl groups excluding tert-OH is 1. The van der Waals surface area contributed by atoms with Crippen LogP contribution in [0.2, 0.25) is 0 Å². The summed E-state index contributed by atoms with van der Waals surface area (Å²) in [6, 6.07) is 0.588. The summed E-state index contributed by atoms with van der Waals surface area (Å²) in [5, 5.41) is 9.49. The van der Waals surface area contributed by atoms with Gasteiger partial charge in [0.25, 0.3) is 0 Å². The van der Waals surface area contributed by atoms with Gasteiger partial charge in [0.15, 0.2) is 0 Å². The molecule has 1 saturated carbocycles. The maximum atomic E-state index is 9.49. The van der Waals surface area contributed by atoms with Crippen molar-refractivity contribution >= 4 is 0 Å². The molecule has 1 aliphatic rings. The van der Waals surface area contributed by atoms with Crippen LogP contribution >= 0.6 is 0 Å². The number of hydrogen-bond donors (Lipinski definition) is 1. The molecular formula is C11H23NO. The van der Waals surface area contributed by atoms with Gasteiger partial charge in [0.1, 0.15) is 0 Å². The van der Waals surface area contributed by atoms with Crippen LogP contribution in [0, 0.1) is 0 Å². The third-order valence-corrected chi connectivity index (χ3v) is 3.83. The van der Waals surface area contributed by atoms with Gasteiger partial charge in [-0.15, -0.1) is 0 Å². The Bertz CT molecular complexity index is 152. The lowest BCUT2D eigenvalue weighted by Gasteiger charge is -2.41. The molecule has 1 fully saturated rings. The molecule has 2 nitrogen and oxygen atoms in total. The molecule has 0 aromatic heterocycles. The predicted octanol–water partition coefficient (Wildman–Crippen LogP) is 2.02. The third-order valence-electron chi connectivity index (χ3n) is 3.83. The Morgan fingerprint density at radius 3 is 2.31 bits per heavy atom. The van der Waals surface area contributed by atoms with Crippen LogP contribution in [-0.4, -0.2) is 35.2 Å². The Morgan fingerprint density at radius 2 is 1.92 bits per heavy atom. The molecule has 1 aliphatic carbocycles. The standard InChI is InChI=1S/C11H23NO/c1-4-10(2)12(3)11(9-13)7-5-6-8-11/h10,13H,4-9H2,1-3H3. The highest BCUT2D eigenvalue weighted by Crippen LogP contribution is 2.35. The maximum absolute atomic E-state index is 9.49. The fourth-order valence-corrected chi connectivity index (χ4v) is 2.40. The monoisotopic (exact) mass is 185 g/mol. The quantitative estimate of drug-likeness (QED) is 0.724. The average Bonchev–Trinajstić information content (AvgIpc) is 2.65. The smallest absolute Gasteiger partial charge is 0.0615 e. The normalized spacial score (nSPS) is 23.8. The van der Waals surface area contributed by atoms with Gasteiger partial charge in [-0.25, -0.2) is 0 Å². The summed E-state index contributed by atoms with van der Waals surface area (Å²) in [7, 11) is 2.16. The molecule has 2 heteroatoms. The molecular weight excluding hydrogens is 162 g/mol. The molecule has 0 heterocycles. The summed E-state index contributed by atoms with van der Waals surface area (Å²) in [6.45, 7) is 4.78. The second kappa shape index (κ2) is 4.43. The van der Waals surface area contributed by atoms with E-state index in [-0.39, 0.29) is 5.54 Å². The van der Waals surface area contributed by atoms with E-state index in [1.54, 1.807) is 0 Å². The van der Waals surface area contributed by atoms with E-state index >= 15 is 0 Å². The fraction of sp³-hybridized carbons (Fsp3) is 1.00. The molecule has 0 aromatic carbocycles. The zero-order chi connectivity index (χ0) is 9.90. The van der Waals surface area contributed by atoms with Crippen molar-refractivity contribution in [1.29, 1.82) is 0 Å². The molecule has 0 saturated heterocycles. The molecule has 13 heavy (non-hydrogen) atoms. The van der Waals surface area contributed by atoms with E-state index in [4.69, 9.17) is 0 Å². The minimum absolute atomic E-state index is 0.107. The van der Waals surface area contributed by atoms with Gasteiger partial charge in [0, 0.05) is 11.6 Å². The van der Waals surface area contributed by atoms with E-state index in [2.05, 4.69) is 25.8 Å². The van der Waals surface area contributed by atoms with Crippen LogP contribution in [0.5, 0.6) is 0 Å². The molecule has 1 unspecified atom stereocenters. The third kappa shape index (κ3) is 2.05. The molecule has 78 valence electrons. The van der Waals surface area contributed by atoms with Gasteiger partial charge in [-0.05, 0) is 33.2 Å². The van der Waals surface area contributed by atoms with Crippen LogP contribution in [0.3, 0.4) is 0 Å². The highest BCUT2D eigenvalue weighted by molar-refractivity contribution is 4.94. The molecule has 1 rings (SSSR count). The summed E-state index contributed by atoms with van der Waals surface area (Å²) in [6.07, 6.45) is 6.07. The number of likely N-dealkylation sites (N-methyl/N-ethyl adjacent to an activating group) is 1. The maximum Gasteiger partial charge on any atom is 0.0615 e. The summed E-state index contributed by atoms with van der Waals surface area (Å²) in [5.41, 5.74) is 0.107. The highest BCUT2D eigenvalue weighted by Gasteiger charge is 2.38. The Hall–Kier alpha value is -0.0800. The van der Waals surface area contributed by atoms with Gasteiger partial charge < -0.3 is 5.11 Å². The molecule has 0 aliphatic heterocycles. The lowest BCUT2D eigenvalue weighted by atomic mass is 9.94. The zero-order valence-electron chi connectivity index (χ0n) is 9.21. The molecule has 1 atom stereocenters. The Kier molecular flexibility index (Phi) is 3.74. The second-order valence-corrected chi connectivity index (χ2v) is 4.46. The van der Waals surface area contributed by atoms with Crippen molar-refractivity contribution in [3.05, 3.63) is 0 Å². The van der Waals surface area contributed by atoms with Gasteiger partial charge in [-0.3, -0.25) is 4.90 Å². The SMILES string of the molecule is CCC(C)N(C)C1(CO)CCCC1. The highest BCUT2D eigenvalue weighted by atomic mass is 16.3. The van der Waals surface area contributed by atoms with Crippen LogP contribution < -0.4 is 0 Å². The largest absolute Gasteiger partial charge is 0.394 e. The van der Waals surface area contributed by atoms with Crippen LogP contribution in [0.4, 0.5) is 0 Å². The summed E-state index contributed by atoms with van der Waals surface area (Å²) < 4.78 is 0. The van der Waals surface area contributed by atoms with Crippen LogP contribution in [0.1, 0.15) is 46.0 Å². The number of hydrogen-bond acceptors (Lipinski definition) is 2. The number of rotatable bonds is 4. The van der Waals surface area contributed by atoms with Crippen molar-refractivity contribution in [1.82, 2.24) is 4.90 Å². The van der Waals surface area contributed by atoms with E-state index in [9.17, 15) is 5.11 Å². The zero-order valence-corrected chi connectivity index (χ0v) is 9.21. The molecule has 0 spiro atoms. The first-order chi connectivity index (χ1) is 6.16. The summed E-state index contributed by atoms with van der Waals surface area (Å²) in [5.74, 6) is 0. The topological polar surface area (TPSA) is 23.5 Å². The minimum Gasteiger partial charge on any atom is -0.394 e. The van der Waals surface area contributed by atoms with Crippen molar-refractivity contribution in [3.63, 3.8) is 0 Å². The molecule has 0 radical (unpaired) electrons. The van der Waals surface area contributed by atoms with Gasteiger partial charge in [0.05, 0.1) is 6.61 Å². The van der Waals surface area contributed by atoms with E-state index < -0.39 is 0 Å². The number of aliphatic hydroxyl groups is 1. The van der Waals surface area contributed by atoms with Gasteiger partial charge in [-0.1, -0.05) is 19.8 Å². The Morgan fingerprint density at radius 1 is 1.38 bits per heavy atom. The van der Waals surface area contributed by atoms with Crippen molar-refractivity contribution in [2.45, 2.75) is 57.5 Å². The number of nitrogens with zero attached hydrogens (tertiary/aromatic N) is 1. The average molecular weight is 185 g/mol. The molecule has 1 N–H and O–H groups in total. The van der Waals surface area contributed by atoms with Crippen LogP contribution in [0.15, 0.2) is 0 Å². The first-order valence-electron chi connectivity index (χ1n) is 5.50. The summed E-state index contributed by atoms with van der Waals surface area (Å²) >= 11 is 0. The minimum atomic E-state index is 0.107. The van der Waals surface area contributed by atoms with Gasteiger partial charge >= 0.3 is 0 Å². The van der Waals surface area contributed by atoms with Gasteiger partial charge in [0.2, 0.25) is 0 Å². The Labute approximate surface area is 81.9 Å². The van der Waals surface area contributed by atoms with Crippen molar-refractivity contribution in [3.8, 4) is 0 Å². The van der Waals surface area contributed by atoms with E-state index in [1.165, 1.54) is 25.7 Å². The van der Waals surface area contributed by atoms with E-state index in [0.717, 1.165) is 6.42 Å². The van der Waals surface area contributed by atoms with E-state index in [1.807, 2.05) is 0 Å². The molecule has 0 aromatic rings. The Balaban J connectivity index is 2.64. The first-order valence-corrected chi connectivity index (χ1v) is 5.50. The van der Waals surface area contributed by atoms with E-state index in [0.29, 0.717) is 12.6 Å². The lowest BCUT2D eigenvalue weighted by molar-refractivity contribution is 0.0266.